The molecule has 1 heterocycles. The maximum atomic E-state index is 12.4. The van der Waals surface area contributed by atoms with Gasteiger partial charge in [-0.1, -0.05) is 12.1 Å². The smallest absolute Gasteiger partial charge is 0.317 e. The number of hydrogen-bond acceptors (Lipinski definition) is 4. The molecule has 1 aromatic carbocycles. The zero-order valence-corrected chi connectivity index (χ0v) is 15.4. The Morgan fingerprint density at radius 1 is 1.28 bits per heavy atom. The third-order valence-corrected chi connectivity index (χ3v) is 4.83. The summed E-state index contributed by atoms with van der Waals surface area (Å²) in [6.45, 7) is 6.13. The molecule has 138 valence electrons. The fraction of sp³-hybridized carbons (Fsp3) is 0.579. The van der Waals surface area contributed by atoms with Gasteiger partial charge in [-0.15, -0.1) is 0 Å². The second-order valence-electron chi connectivity index (χ2n) is 7.04. The van der Waals surface area contributed by atoms with E-state index in [1.165, 1.54) is 0 Å². The molecule has 0 aliphatic carbocycles. The lowest BCUT2D eigenvalue weighted by molar-refractivity contribution is -0.138. The number of carboxylic acid groups (broad SMARTS) is 1. The molecule has 2 rings (SSSR count). The van der Waals surface area contributed by atoms with Crippen LogP contribution in [0, 0.1) is 13.8 Å². The molecule has 0 aromatic heterocycles. The monoisotopic (exact) mass is 347 g/mol. The minimum atomic E-state index is -0.795. The van der Waals surface area contributed by atoms with Gasteiger partial charge in [-0.2, -0.15) is 0 Å². The van der Waals surface area contributed by atoms with Crippen LogP contribution in [0.25, 0.3) is 0 Å². The van der Waals surface area contributed by atoms with Crippen molar-refractivity contribution in [3.63, 3.8) is 0 Å². The Morgan fingerprint density at radius 3 is 2.76 bits per heavy atom. The molecule has 1 atom stereocenters. The molecule has 0 bridgehead atoms. The number of likely N-dealkylation sites (tertiary alicyclic amines) is 1. The Balaban J connectivity index is 1.85. The molecule has 6 nitrogen and oxygen atoms in total. The molecule has 1 aliphatic heterocycles. The molecule has 1 amide bonds. The second-order valence-corrected chi connectivity index (χ2v) is 7.04. The average molecular weight is 347 g/mol. The van der Waals surface area contributed by atoms with Crippen molar-refractivity contribution >= 4 is 17.6 Å². The molecule has 1 fully saturated rings. The molecule has 0 spiro atoms. The lowest BCUT2D eigenvalue weighted by atomic mass is 10.1. The summed E-state index contributed by atoms with van der Waals surface area (Å²) < 4.78 is 0. The van der Waals surface area contributed by atoms with Crippen LogP contribution in [-0.4, -0.2) is 66.1 Å². The van der Waals surface area contributed by atoms with Gasteiger partial charge >= 0.3 is 5.97 Å². The molecule has 1 unspecified atom stereocenters. The number of anilines is 1. The Morgan fingerprint density at radius 2 is 2.04 bits per heavy atom. The number of amides is 1. The number of aliphatic carboxylic acids is 1. The number of aryl methyl sites for hydroxylation is 2. The van der Waals surface area contributed by atoms with Crippen LogP contribution in [0.2, 0.25) is 0 Å². The summed E-state index contributed by atoms with van der Waals surface area (Å²) in [4.78, 5) is 27.3. The standard InChI is InChI=1S/C19H29N3O3/c1-14-6-7-15(2)17(11-14)20-18(23)12-22-9-4-5-16(8-10-22)21(3)13-19(24)25/h6-7,11,16H,4-5,8-10,12-13H2,1-3H3,(H,20,23)(H,24,25). The highest BCUT2D eigenvalue weighted by atomic mass is 16.4. The lowest BCUT2D eigenvalue weighted by Gasteiger charge is -2.25. The maximum Gasteiger partial charge on any atom is 0.317 e. The second kappa shape index (κ2) is 8.97. The van der Waals surface area contributed by atoms with Crippen LogP contribution < -0.4 is 5.32 Å². The summed E-state index contributed by atoms with van der Waals surface area (Å²) >= 11 is 0. The van der Waals surface area contributed by atoms with E-state index in [0.717, 1.165) is 49.2 Å². The van der Waals surface area contributed by atoms with E-state index in [0.29, 0.717) is 6.54 Å². The van der Waals surface area contributed by atoms with Crippen molar-refractivity contribution in [3.05, 3.63) is 29.3 Å². The largest absolute Gasteiger partial charge is 0.480 e. The first-order chi connectivity index (χ1) is 11.8. The third kappa shape index (κ3) is 6.14. The van der Waals surface area contributed by atoms with Gasteiger partial charge in [-0.25, -0.2) is 0 Å². The normalized spacial score (nSPS) is 18.8. The molecule has 1 aliphatic rings. The molecule has 1 aromatic rings. The van der Waals surface area contributed by atoms with E-state index >= 15 is 0 Å². The number of carbonyl (C=O) groups excluding carboxylic acids is 1. The minimum Gasteiger partial charge on any atom is -0.480 e. The lowest BCUT2D eigenvalue weighted by Crippen LogP contribution is -2.37. The van der Waals surface area contributed by atoms with Crippen molar-refractivity contribution in [2.24, 2.45) is 0 Å². The topological polar surface area (TPSA) is 72.9 Å². The van der Waals surface area contributed by atoms with Crippen LogP contribution in [0.1, 0.15) is 30.4 Å². The highest BCUT2D eigenvalue weighted by Crippen LogP contribution is 2.18. The summed E-state index contributed by atoms with van der Waals surface area (Å²) in [6, 6.07) is 6.31. The van der Waals surface area contributed by atoms with Crippen LogP contribution in [0.5, 0.6) is 0 Å². The zero-order valence-electron chi connectivity index (χ0n) is 15.4. The summed E-state index contributed by atoms with van der Waals surface area (Å²) in [6.07, 6.45) is 2.84. The van der Waals surface area contributed by atoms with Crippen LogP contribution in [-0.2, 0) is 9.59 Å². The highest BCUT2D eigenvalue weighted by molar-refractivity contribution is 5.93. The van der Waals surface area contributed by atoms with Crippen molar-refractivity contribution in [3.8, 4) is 0 Å². The third-order valence-electron chi connectivity index (χ3n) is 4.83. The predicted octanol–water partition coefficient (Wildman–Crippen LogP) is 2.11. The van der Waals surface area contributed by atoms with Crippen LogP contribution in [0.4, 0.5) is 5.69 Å². The first-order valence-electron chi connectivity index (χ1n) is 8.86. The van der Waals surface area contributed by atoms with E-state index in [4.69, 9.17) is 5.11 Å². The van der Waals surface area contributed by atoms with Crippen LogP contribution in [0.15, 0.2) is 18.2 Å². The molecular formula is C19H29N3O3. The summed E-state index contributed by atoms with van der Waals surface area (Å²) in [5.74, 6) is -0.789. The predicted molar refractivity (Wildman–Crippen MR) is 98.9 cm³/mol. The van der Waals surface area contributed by atoms with E-state index in [1.807, 2.05) is 44.0 Å². The molecule has 1 saturated heterocycles. The quantitative estimate of drug-likeness (QED) is 0.825. The number of carboxylic acids is 1. The summed E-state index contributed by atoms with van der Waals surface area (Å²) in [5.41, 5.74) is 3.06. The first kappa shape index (κ1) is 19.4. The number of nitrogens with zero attached hydrogens (tertiary/aromatic N) is 2. The van der Waals surface area contributed by atoms with Gasteiger partial charge in [0, 0.05) is 18.3 Å². The summed E-state index contributed by atoms with van der Waals surface area (Å²) in [5, 5.41) is 11.9. The van der Waals surface area contributed by atoms with Gasteiger partial charge in [0.15, 0.2) is 0 Å². The van der Waals surface area contributed by atoms with Crippen molar-refractivity contribution in [1.82, 2.24) is 9.80 Å². The fourth-order valence-corrected chi connectivity index (χ4v) is 3.34. The average Bonchev–Trinajstić information content (AvgIpc) is 2.76. The van der Waals surface area contributed by atoms with Crippen molar-refractivity contribution in [2.75, 3.05) is 38.5 Å². The first-order valence-corrected chi connectivity index (χ1v) is 8.86. The number of hydrogen-bond donors (Lipinski definition) is 2. The van der Waals surface area contributed by atoms with Gasteiger partial charge in [-0.3, -0.25) is 19.4 Å². The SMILES string of the molecule is Cc1ccc(C)c(NC(=O)CN2CCCC(N(C)CC(=O)O)CC2)c1. The zero-order chi connectivity index (χ0) is 18.4. The van der Waals surface area contributed by atoms with Crippen molar-refractivity contribution in [2.45, 2.75) is 39.2 Å². The Kier molecular flexibility index (Phi) is 6.96. The van der Waals surface area contributed by atoms with Gasteiger partial charge in [-0.05, 0) is 63.9 Å². The van der Waals surface area contributed by atoms with Crippen LogP contribution >= 0.6 is 0 Å². The number of likely N-dealkylation sites (N-methyl/N-ethyl adjacent to an activating group) is 1. The van der Waals surface area contributed by atoms with Gasteiger partial charge in [0.2, 0.25) is 5.91 Å². The number of rotatable bonds is 6. The fourth-order valence-electron chi connectivity index (χ4n) is 3.34. The van der Waals surface area contributed by atoms with Crippen LogP contribution in [0.3, 0.4) is 0 Å². The molecule has 0 saturated carbocycles. The van der Waals surface area contributed by atoms with E-state index < -0.39 is 5.97 Å². The van der Waals surface area contributed by atoms with E-state index in [9.17, 15) is 9.59 Å². The van der Waals surface area contributed by atoms with Gasteiger partial charge in [0.05, 0.1) is 13.1 Å². The number of benzene rings is 1. The van der Waals surface area contributed by atoms with E-state index in [-0.39, 0.29) is 18.5 Å². The Hall–Kier alpha value is -1.92. The number of nitrogens with one attached hydrogen (secondary N) is 1. The van der Waals surface area contributed by atoms with Crippen molar-refractivity contribution in [1.29, 1.82) is 0 Å². The molecule has 25 heavy (non-hydrogen) atoms. The van der Waals surface area contributed by atoms with E-state index in [2.05, 4.69) is 10.2 Å². The maximum absolute atomic E-state index is 12.4. The van der Waals surface area contributed by atoms with E-state index in [1.54, 1.807) is 0 Å². The van der Waals surface area contributed by atoms with Gasteiger partial charge in [0.1, 0.15) is 0 Å². The Labute approximate surface area is 149 Å². The highest BCUT2D eigenvalue weighted by Gasteiger charge is 2.22. The number of carbonyl (C=O) groups is 2. The Bertz CT molecular complexity index is 618. The summed E-state index contributed by atoms with van der Waals surface area (Å²) in [7, 11) is 1.86. The molecule has 2 N–H and O–H groups in total. The molecule has 6 heteroatoms. The molecule has 0 radical (unpaired) electrons. The molecular weight excluding hydrogens is 318 g/mol. The van der Waals surface area contributed by atoms with Crippen molar-refractivity contribution < 1.29 is 14.7 Å². The van der Waals surface area contributed by atoms with Gasteiger partial charge in [0.25, 0.3) is 0 Å². The minimum absolute atomic E-state index is 0.00559. The van der Waals surface area contributed by atoms with Gasteiger partial charge < -0.3 is 10.4 Å².